The normalized spacial score (nSPS) is 15.7. The quantitative estimate of drug-likeness (QED) is 0.885. The van der Waals surface area contributed by atoms with Gasteiger partial charge in [0.2, 0.25) is 0 Å². The Balaban J connectivity index is 1.99. The molecule has 0 aromatic heterocycles. The molecule has 0 amide bonds. The summed E-state index contributed by atoms with van der Waals surface area (Å²) in [6.07, 6.45) is 5.66. The molecule has 1 aromatic carbocycles. The van der Waals surface area contributed by atoms with Crippen LogP contribution in [0, 0.1) is 5.92 Å². The van der Waals surface area contributed by atoms with Gasteiger partial charge in [0.05, 0.1) is 5.92 Å². The first kappa shape index (κ1) is 13.9. The lowest BCUT2D eigenvalue weighted by Crippen LogP contribution is -2.23. The van der Waals surface area contributed by atoms with E-state index in [1.165, 1.54) is 42.5 Å². The molecule has 0 saturated heterocycles. The van der Waals surface area contributed by atoms with Gasteiger partial charge < -0.3 is 10.0 Å². The monoisotopic (exact) mass is 261 g/mol. The molecule has 0 radical (unpaired) electrons. The molecule has 1 aliphatic rings. The van der Waals surface area contributed by atoms with Crippen LogP contribution in [-0.2, 0) is 17.6 Å². The largest absolute Gasteiger partial charge is 0.481 e. The standard InChI is InChI=1S/C16H23NO2/c1-12(16(18)19)9-10-17(2)15-8-7-13-5-3-4-6-14(13)11-15/h7-8,11-12H,3-6,9-10H2,1-2H3,(H,18,19). The van der Waals surface area contributed by atoms with Crippen LogP contribution < -0.4 is 4.90 Å². The van der Waals surface area contributed by atoms with E-state index in [1.807, 2.05) is 7.05 Å². The summed E-state index contributed by atoms with van der Waals surface area (Å²) in [4.78, 5) is 13.0. The van der Waals surface area contributed by atoms with Crippen LogP contribution in [-0.4, -0.2) is 24.7 Å². The number of fused-ring (bicyclic) bond motifs is 1. The molecule has 0 saturated carbocycles. The van der Waals surface area contributed by atoms with Crippen LogP contribution >= 0.6 is 0 Å². The first-order chi connectivity index (χ1) is 9.08. The second kappa shape index (κ2) is 6.09. The topological polar surface area (TPSA) is 40.5 Å². The van der Waals surface area contributed by atoms with E-state index in [9.17, 15) is 4.79 Å². The number of anilines is 1. The van der Waals surface area contributed by atoms with Crippen LogP contribution in [0.15, 0.2) is 18.2 Å². The molecule has 3 nitrogen and oxygen atoms in total. The van der Waals surface area contributed by atoms with Gasteiger partial charge in [-0.2, -0.15) is 0 Å². The van der Waals surface area contributed by atoms with Crippen LogP contribution in [0.25, 0.3) is 0 Å². The predicted molar refractivity (Wildman–Crippen MR) is 77.8 cm³/mol. The van der Waals surface area contributed by atoms with Crippen molar-refractivity contribution in [2.45, 2.75) is 39.0 Å². The molecule has 0 spiro atoms. The highest BCUT2D eigenvalue weighted by atomic mass is 16.4. The van der Waals surface area contributed by atoms with E-state index >= 15 is 0 Å². The average molecular weight is 261 g/mol. The molecule has 1 aromatic rings. The SMILES string of the molecule is CC(CCN(C)c1ccc2c(c1)CCCC2)C(=O)O. The lowest BCUT2D eigenvalue weighted by molar-refractivity contribution is -0.141. The zero-order valence-electron chi connectivity index (χ0n) is 11.9. The Morgan fingerprint density at radius 3 is 2.68 bits per heavy atom. The Hall–Kier alpha value is -1.51. The number of rotatable bonds is 5. The zero-order chi connectivity index (χ0) is 13.8. The fraction of sp³-hybridized carbons (Fsp3) is 0.562. The number of benzene rings is 1. The highest BCUT2D eigenvalue weighted by molar-refractivity contribution is 5.69. The van der Waals surface area contributed by atoms with E-state index in [0.29, 0.717) is 6.42 Å². The minimum Gasteiger partial charge on any atom is -0.481 e. The number of carboxylic acids is 1. The van der Waals surface area contributed by atoms with Crippen molar-refractivity contribution < 1.29 is 9.90 Å². The Bertz CT molecular complexity index is 456. The van der Waals surface area contributed by atoms with Gasteiger partial charge in [-0.1, -0.05) is 13.0 Å². The third kappa shape index (κ3) is 3.49. The minimum atomic E-state index is -0.709. The van der Waals surface area contributed by atoms with Gasteiger partial charge in [0.25, 0.3) is 0 Å². The molecule has 1 aliphatic carbocycles. The Labute approximate surface area is 115 Å². The summed E-state index contributed by atoms with van der Waals surface area (Å²) >= 11 is 0. The van der Waals surface area contributed by atoms with Crippen molar-refractivity contribution in [1.82, 2.24) is 0 Å². The highest BCUT2D eigenvalue weighted by Crippen LogP contribution is 2.25. The molecule has 0 bridgehead atoms. The fourth-order valence-electron chi connectivity index (χ4n) is 2.60. The summed E-state index contributed by atoms with van der Waals surface area (Å²) in [5, 5.41) is 8.91. The Morgan fingerprint density at radius 2 is 2.00 bits per heavy atom. The van der Waals surface area contributed by atoms with Crippen LogP contribution in [0.4, 0.5) is 5.69 Å². The van der Waals surface area contributed by atoms with Crippen LogP contribution in [0.5, 0.6) is 0 Å². The van der Waals surface area contributed by atoms with Crippen LogP contribution in [0.2, 0.25) is 0 Å². The number of carboxylic acid groups (broad SMARTS) is 1. The second-order valence-corrected chi connectivity index (χ2v) is 5.61. The van der Waals surface area contributed by atoms with Gasteiger partial charge in [-0.05, 0) is 55.4 Å². The minimum absolute atomic E-state index is 0.278. The number of hydrogen-bond donors (Lipinski definition) is 1. The van der Waals surface area contributed by atoms with E-state index < -0.39 is 5.97 Å². The molecule has 0 fully saturated rings. The van der Waals surface area contributed by atoms with Crippen molar-refractivity contribution in [3.8, 4) is 0 Å². The molecular formula is C16H23NO2. The maximum atomic E-state index is 10.8. The smallest absolute Gasteiger partial charge is 0.306 e. The fourth-order valence-corrected chi connectivity index (χ4v) is 2.60. The zero-order valence-corrected chi connectivity index (χ0v) is 11.9. The van der Waals surface area contributed by atoms with Gasteiger partial charge in [0, 0.05) is 19.3 Å². The maximum absolute atomic E-state index is 10.8. The summed E-state index contributed by atoms with van der Waals surface area (Å²) in [5.74, 6) is -0.987. The second-order valence-electron chi connectivity index (χ2n) is 5.61. The van der Waals surface area contributed by atoms with Gasteiger partial charge in [-0.15, -0.1) is 0 Å². The summed E-state index contributed by atoms with van der Waals surface area (Å²) in [5.41, 5.74) is 4.17. The van der Waals surface area contributed by atoms with E-state index in [-0.39, 0.29) is 5.92 Å². The summed E-state index contributed by atoms with van der Waals surface area (Å²) < 4.78 is 0. The first-order valence-electron chi connectivity index (χ1n) is 7.13. The summed E-state index contributed by atoms with van der Waals surface area (Å²) in [7, 11) is 2.04. The third-order valence-corrected chi connectivity index (χ3v) is 4.09. The highest BCUT2D eigenvalue weighted by Gasteiger charge is 2.14. The number of carbonyl (C=O) groups is 1. The van der Waals surface area contributed by atoms with Crippen molar-refractivity contribution in [2.75, 3.05) is 18.5 Å². The number of aliphatic carboxylic acids is 1. The van der Waals surface area contributed by atoms with Gasteiger partial charge in [0.1, 0.15) is 0 Å². The average Bonchev–Trinajstić information content (AvgIpc) is 2.43. The maximum Gasteiger partial charge on any atom is 0.306 e. The lowest BCUT2D eigenvalue weighted by atomic mass is 9.91. The summed E-state index contributed by atoms with van der Waals surface area (Å²) in [6.45, 7) is 2.55. The molecule has 1 N–H and O–H groups in total. The Morgan fingerprint density at radius 1 is 1.32 bits per heavy atom. The van der Waals surface area contributed by atoms with E-state index in [0.717, 1.165) is 6.54 Å². The molecule has 3 heteroatoms. The third-order valence-electron chi connectivity index (χ3n) is 4.09. The molecule has 0 heterocycles. The molecule has 19 heavy (non-hydrogen) atoms. The van der Waals surface area contributed by atoms with Crippen LogP contribution in [0.3, 0.4) is 0 Å². The van der Waals surface area contributed by atoms with Gasteiger partial charge in [-0.25, -0.2) is 0 Å². The molecular weight excluding hydrogens is 238 g/mol. The number of hydrogen-bond acceptors (Lipinski definition) is 2. The van der Waals surface area contributed by atoms with Crippen molar-refractivity contribution in [1.29, 1.82) is 0 Å². The van der Waals surface area contributed by atoms with E-state index in [2.05, 4.69) is 23.1 Å². The van der Waals surface area contributed by atoms with Gasteiger partial charge >= 0.3 is 5.97 Å². The van der Waals surface area contributed by atoms with Crippen molar-refractivity contribution in [3.05, 3.63) is 29.3 Å². The van der Waals surface area contributed by atoms with Crippen molar-refractivity contribution in [2.24, 2.45) is 5.92 Å². The first-order valence-corrected chi connectivity index (χ1v) is 7.13. The van der Waals surface area contributed by atoms with Gasteiger partial charge in [-0.3, -0.25) is 4.79 Å². The molecule has 2 rings (SSSR count). The van der Waals surface area contributed by atoms with Gasteiger partial charge in [0.15, 0.2) is 0 Å². The Kier molecular flexibility index (Phi) is 4.46. The number of nitrogens with zero attached hydrogens (tertiary/aromatic N) is 1. The van der Waals surface area contributed by atoms with E-state index in [4.69, 9.17) is 5.11 Å². The lowest BCUT2D eigenvalue weighted by Gasteiger charge is -2.23. The number of aryl methyl sites for hydroxylation is 2. The summed E-state index contributed by atoms with van der Waals surface area (Å²) in [6, 6.07) is 6.68. The molecule has 1 atom stereocenters. The molecule has 0 aliphatic heterocycles. The van der Waals surface area contributed by atoms with Crippen LogP contribution in [0.1, 0.15) is 37.3 Å². The molecule has 1 unspecified atom stereocenters. The van der Waals surface area contributed by atoms with E-state index in [1.54, 1.807) is 6.92 Å². The van der Waals surface area contributed by atoms with Crippen molar-refractivity contribution >= 4 is 11.7 Å². The molecule has 104 valence electrons. The predicted octanol–water partition coefficient (Wildman–Crippen LogP) is 3.11. The van der Waals surface area contributed by atoms with Crippen molar-refractivity contribution in [3.63, 3.8) is 0 Å².